The van der Waals surface area contributed by atoms with Gasteiger partial charge in [-0.25, -0.2) is 0 Å². The molecule has 4 nitrogen and oxygen atoms in total. The standard InChI is InChI=1S/C12H15N3OS/c1-13-6-5-11-14-12(16-15-11)10-7-8-3-2-4-9(8)17-10/h7,13H,2-6H2,1H3. The van der Waals surface area contributed by atoms with E-state index in [0.717, 1.165) is 23.7 Å². The molecular formula is C12H15N3OS. The average molecular weight is 249 g/mol. The zero-order valence-electron chi connectivity index (χ0n) is 9.82. The van der Waals surface area contributed by atoms with Crippen molar-refractivity contribution in [2.75, 3.05) is 13.6 Å². The summed E-state index contributed by atoms with van der Waals surface area (Å²) < 4.78 is 5.31. The van der Waals surface area contributed by atoms with E-state index in [1.54, 1.807) is 11.3 Å². The Balaban J connectivity index is 1.80. The molecular weight excluding hydrogens is 234 g/mol. The quantitative estimate of drug-likeness (QED) is 0.901. The van der Waals surface area contributed by atoms with Gasteiger partial charge in [-0.05, 0) is 37.9 Å². The summed E-state index contributed by atoms with van der Waals surface area (Å²) in [7, 11) is 1.92. The van der Waals surface area contributed by atoms with Gasteiger partial charge in [0.1, 0.15) is 0 Å². The van der Waals surface area contributed by atoms with Crippen molar-refractivity contribution >= 4 is 11.3 Å². The number of thiophene rings is 1. The summed E-state index contributed by atoms with van der Waals surface area (Å²) >= 11 is 1.80. The summed E-state index contributed by atoms with van der Waals surface area (Å²) in [5, 5.41) is 7.07. The fourth-order valence-corrected chi connectivity index (χ4v) is 3.30. The highest BCUT2D eigenvalue weighted by Gasteiger charge is 2.18. The molecule has 0 aliphatic heterocycles. The summed E-state index contributed by atoms with van der Waals surface area (Å²) in [6.45, 7) is 0.875. The van der Waals surface area contributed by atoms with E-state index in [1.807, 2.05) is 7.05 Å². The van der Waals surface area contributed by atoms with Crippen LogP contribution in [0.4, 0.5) is 0 Å². The van der Waals surface area contributed by atoms with Crippen molar-refractivity contribution in [3.05, 3.63) is 22.3 Å². The number of nitrogens with one attached hydrogen (secondary N) is 1. The smallest absolute Gasteiger partial charge is 0.268 e. The first-order valence-electron chi connectivity index (χ1n) is 5.96. The third-order valence-corrected chi connectivity index (χ3v) is 4.25. The average Bonchev–Trinajstić information content (AvgIpc) is 3.00. The van der Waals surface area contributed by atoms with Gasteiger partial charge in [-0.2, -0.15) is 4.98 Å². The number of likely N-dealkylation sites (N-methyl/N-ethyl adjacent to an activating group) is 1. The van der Waals surface area contributed by atoms with Crippen LogP contribution in [-0.2, 0) is 19.3 Å². The number of fused-ring (bicyclic) bond motifs is 1. The van der Waals surface area contributed by atoms with Gasteiger partial charge in [-0.15, -0.1) is 11.3 Å². The molecule has 1 aliphatic rings. The molecule has 0 fully saturated rings. The monoisotopic (exact) mass is 249 g/mol. The van der Waals surface area contributed by atoms with Gasteiger partial charge in [0, 0.05) is 17.8 Å². The first kappa shape index (κ1) is 10.9. The minimum atomic E-state index is 0.676. The lowest BCUT2D eigenvalue weighted by atomic mass is 10.2. The van der Waals surface area contributed by atoms with Crippen molar-refractivity contribution in [1.29, 1.82) is 0 Å². The predicted octanol–water partition coefficient (Wildman–Crippen LogP) is 2.05. The van der Waals surface area contributed by atoms with E-state index in [2.05, 4.69) is 21.5 Å². The Morgan fingerprint density at radius 1 is 1.47 bits per heavy atom. The van der Waals surface area contributed by atoms with Gasteiger partial charge in [0.15, 0.2) is 5.82 Å². The van der Waals surface area contributed by atoms with Crippen LogP contribution < -0.4 is 5.32 Å². The Kier molecular flexibility index (Phi) is 2.94. The molecule has 0 bridgehead atoms. The highest BCUT2D eigenvalue weighted by atomic mass is 32.1. The molecule has 0 spiro atoms. The second kappa shape index (κ2) is 4.58. The number of rotatable bonds is 4. The van der Waals surface area contributed by atoms with E-state index in [1.165, 1.54) is 29.7 Å². The van der Waals surface area contributed by atoms with Gasteiger partial charge >= 0.3 is 0 Å². The maximum atomic E-state index is 5.31. The zero-order chi connectivity index (χ0) is 11.7. The molecule has 0 unspecified atom stereocenters. The van der Waals surface area contributed by atoms with E-state index in [-0.39, 0.29) is 0 Å². The van der Waals surface area contributed by atoms with E-state index in [4.69, 9.17) is 4.52 Å². The fourth-order valence-electron chi connectivity index (χ4n) is 2.13. The van der Waals surface area contributed by atoms with E-state index in [9.17, 15) is 0 Å². The second-order valence-electron chi connectivity index (χ2n) is 4.28. The summed E-state index contributed by atoms with van der Waals surface area (Å²) in [6, 6.07) is 2.21. The first-order chi connectivity index (χ1) is 8.36. The maximum Gasteiger partial charge on any atom is 0.268 e. The number of aromatic nitrogens is 2. The van der Waals surface area contributed by atoms with Gasteiger partial charge < -0.3 is 9.84 Å². The van der Waals surface area contributed by atoms with Crippen molar-refractivity contribution in [2.45, 2.75) is 25.7 Å². The van der Waals surface area contributed by atoms with Gasteiger partial charge in [0.25, 0.3) is 5.89 Å². The normalized spacial score (nSPS) is 14.2. The van der Waals surface area contributed by atoms with Crippen LogP contribution in [0.2, 0.25) is 0 Å². The molecule has 0 amide bonds. The van der Waals surface area contributed by atoms with E-state index >= 15 is 0 Å². The molecule has 0 aromatic carbocycles. The van der Waals surface area contributed by atoms with Crippen LogP contribution in [0.3, 0.4) is 0 Å². The molecule has 2 aromatic rings. The first-order valence-corrected chi connectivity index (χ1v) is 6.77. The van der Waals surface area contributed by atoms with Crippen LogP contribution >= 0.6 is 11.3 Å². The van der Waals surface area contributed by atoms with Crippen LogP contribution in [0.1, 0.15) is 22.7 Å². The molecule has 0 saturated heterocycles. The van der Waals surface area contributed by atoms with Gasteiger partial charge in [0.05, 0.1) is 4.88 Å². The van der Waals surface area contributed by atoms with Crippen LogP contribution in [0.25, 0.3) is 10.8 Å². The van der Waals surface area contributed by atoms with Crippen molar-refractivity contribution in [3.8, 4) is 10.8 Å². The highest BCUT2D eigenvalue weighted by molar-refractivity contribution is 7.15. The lowest BCUT2D eigenvalue weighted by molar-refractivity contribution is 0.423. The molecule has 90 valence electrons. The molecule has 0 radical (unpaired) electrons. The molecule has 0 atom stereocenters. The van der Waals surface area contributed by atoms with Crippen molar-refractivity contribution < 1.29 is 4.52 Å². The number of hydrogen-bond acceptors (Lipinski definition) is 5. The zero-order valence-corrected chi connectivity index (χ0v) is 10.6. The maximum absolute atomic E-state index is 5.31. The fraction of sp³-hybridized carbons (Fsp3) is 0.500. The van der Waals surface area contributed by atoms with Gasteiger partial charge in [0.2, 0.25) is 0 Å². The van der Waals surface area contributed by atoms with Gasteiger partial charge in [-0.3, -0.25) is 0 Å². The van der Waals surface area contributed by atoms with Crippen LogP contribution in [0, 0.1) is 0 Å². The molecule has 3 rings (SSSR count). The second-order valence-corrected chi connectivity index (χ2v) is 5.42. The highest BCUT2D eigenvalue weighted by Crippen LogP contribution is 2.35. The summed E-state index contributed by atoms with van der Waals surface area (Å²) in [4.78, 5) is 7.04. The number of aryl methyl sites for hydroxylation is 2. The molecule has 5 heteroatoms. The van der Waals surface area contributed by atoms with Crippen molar-refractivity contribution in [2.24, 2.45) is 0 Å². The number of hydrogen-bond donors (Lipinski definition) is 1. The minimum absolute atomic E-state index is 0.676. The molecule has 0 saturated carbocycles. The lowest BCUT2D eigenvalue weighted by Gasteiger charge is -1.90. The summed E-state index contributed by atoms with van der Waals surface area (Å²) in [6.07, 6.45) is 4.51. The Hall–Kier alpha value is -1.20. The SMILES string of the molecule is CNCCc1noc(-c2cc3c(s2)CCC3)n1. The molecule has 2 aromatic heterocycles. The van der Waals surface area contributed by atoms with E-state index in [0.29, 0.717) is 5.89 Å². The van der Waals surface area contributed by atoms with E-state index < -0.39 is 0 Å². The Morgan fingerprint density at radius 2 is 2.41 bits per heavy atom. The number of nitrogens with zero attached hydrogens (tertiary/aromatic N) is 2. The topological polar surface area (TPSA) is 51.0 Å². The van der Waals surface area contributed by atoms with Crippen LogP contribution in [0.15, 0.2) is 10.6 Å². The molecule has 1 aliphatic carbocycles. The van der Waals surface area contributed by atoms with Crippen molar-refractivity contribution in [3.63, 3.8) is 0 Å². The molecule has 2 heterocycles. The lowest BCUT2D eigenvalue weighted by Crippen LogP contribution is -2.10. The Morgan fingerprint density at radius 3 is 3.24 bits per heavy atom. The molecule has 17 heavy (non-hydrogen) atoms. The third-order valence-electron chi connectivity index (χ3n) is 3.02. The molecule has 1 N–H and O–H groups in total. The Bertz CT molecular complexity index is 496. The van der Waals surface area contributed by atoms with Crippen molar-refractivity contribution in [1.82, 2.24) is 15.5 Å². The van der Waals surface area contributed by atoms with Gasteiger partial charge in [-0.1, -0.05) is 5.16 Å². The minimum Gasteiger partial charge on any atom is -0.333 e. The summed E-state index contributed by atoms with van der Waals surface area (Å²) in [5.74, 6) is 1.46. The van der Waals surface area contributed by atoms with Crippen LogP contribution in [0.5, 0.6) is 0 Å². The summed E-state index contributed by atoms with van der Waals surface area (Å²) in [5.41, 5.74) is 1.47. The Labute approximate surface area is 104 Å². The predicted molar refractivity (Wildman–Crippen MR) is 67.3 cm³/mol. The van der Waals surface area contributed by atoms with Crippen LogP contribution in [-0.4, -0.2) is 23.7 Å². The third kappa shape index (κ3) is 2.12. The largest absolute Gasteiger partial charge is 0.333 e.